The van der Waals surface area contributed by atoms with E-state index >= 15 is 0 Å². The molecule has 3 nitrogen and oxygen atoms in total. The molecule has 1 heterocycles. The largest absolute Gasteiger partial charge is 0.468 e. The maximum Gasteiger partial charge on any atom is 0.286 e. The van der Waals surface area contributed by atoms with Crippen molar-refractivity contribution in [1.29, 1.82) is 0 Å². The van der Waals surface area contributed by atoms with Gasteiger partial charge in [0.1, 0.15) is 0 Å². The van der Waals surface area contributed by atoms with Gasteiger partial charge in [-0.3, -0.25) is 4.79 Å². The fraction of sp³-hybridized carbons (Fsp3) is 0.571. The molecule has 1 rings (SSSR count). The molecule has 0 bridgehead atoms. The summed E-state index contributed by atoms with van der Waals surface area (Å²) in [5, 5.41) is 0. The van der Waals surface area contributed by atoms with Gasteiger partial charge in [0.05, 0.1) is 12.7 Å². The molecule has 1 aliphatic heterocycles. The van der Waals surface area contributed by atoms with Crippen molar-refractivity contribution >= 4 is 5.78 Å². The summed E-state index contributed by atoms with van der Waals surface area (Å²) in [5.41, 5.74) is 0.579. The fourth-order valence-corrected chi connectivity index (χ4v) is 0.909. The van der Waals surface area contributed by atoms with Gasteiger partial charge < -0.3 is 9.47 Å². The van der Waals surface area contributed by atoms with Crippen LogP contribution in [0.3, 0.4) is 0 Å². The Morgan fingerprint density at radius 3 is 2.40 bits per heavy atom. The first-order chi connectivity index (χ1) is 4.66. The molecule has 0 saturated heterocycles. The van der Waals surface area contributed by atoms with Gasteiger partial charge in [-0.1, -0.05) is 0 Å². The van der Waals surface area contributed by atoms with Crippen molar-refractivity contribution in [2.24, 2.45) is 0 Å². The summed E-state index contributed by atoms with van der Waals surface area (Å²) < 4.78 is 9.84. The molecular weight excluding hydrogens is 132 g/mol. The summed E-state index contributed by atoms with van der Waals surface area (Å²) in [6.07, 6.45) is -0.366. The minimum Gasteiger partial charge on any atom is -0.468 e. The van der Waals surface area contributed by atoms with Crippen LogP contribution in [0.5, 0.6) is 0 Å². The molecule has 0 spiro atoms. The van der Waals surface area contributed by atoms with Gasteiger partial charge in [0, 0.05) is 0 Å². The summed E-state index contributed by atoms with van der Waals surface area (Å²) in [6, 6.07) is 0. The van der Waals surface area contributed by atoms with Crippen molar-refractivity contribution in [2.75, 3.05) is 7.11 Å². The second-order valence-electron chi connectivity index (χ2n) is 2.24. The van der Waals surface area contributed by atoms with E-state index in [0.29, 0.717) is 11.5 Å². The number of hydrogen-bond donors (Lipinski definition) is 0. The normalized spacial score (nSPS) is 25.1. The Morgan fingerprint density at radius 2 is 2.20 bits per heavy atom. The number of carbonyl (C=O) groups excluding carboxylic acids is 1. The zero-order valence-electron chi connectivity index (χ0n) is 6.30. The molecule has 1 atom stereocenters. The van der Waals surface area contributed by atoms with E-state index in [2.05, 4.69) is 0 Å². The van der Waals surface area contributed by atoms with E-state index in [1.165, 1.54) is 7.11 Å². The number of ketones is 1. The standard InChI is InChI=1S/C7H10O3/c1-4-6(8)5(2)10-7(4)9-3/h5H,1-3H3. The molecular formula is C7H10O3. The van der Waals surface area contributed by atoms with Gasteiger partial charge in [-0.2, -0.15) is 0 Å². The smallest absolute Gasteiger partial charge is 0.286 e. The highest BCUT2D eigenvalue weighted by Crippen LogP contribution is 2.20. The highest BCUT2D eigenvalue weighted by molar-refractivity contribution is 6.00. The monoisotopic (exact) mass is 142 g/mol. The van der Waals surface area contributed by atoms with Crippen LogP contribution in [-0.4, -0.2) is 19.0 Å². The van der Waals surface area contributed by atoms with Crippen LogP contribution in [0, 0.1) is 0 Å². The fourth-order valence-electron chi connectivity index (χ4n) is 0.909. The molecule has 0 saturated carbocycles. The maximum atomic E-state index is 11.0. The zero-order chi connectivity index (χ0) is 7.72. The highest BCUT2D eigenvalue weighted by atomic mass is 16.7. The van der Waals surface area contributed by atoms with Crippen LogP contribution in [0.4, 0.5) is 0 Å². The molecule has 0 fully saturated rings. The van der Waals surface area contributed by atoms with E-state index in [4.69, 9.17) is 9.47 Å². The third-order valence-electron chi connectivity index (χ3n) is 1.51. The SMILES string of the molecule is COC1=C(C)C(=O)C(C)O1. The minimum atomic E-state index is -0.366. The lowest BCUT2D eigenvalue weighted by molar-refractivity contribution is -0.121. The predicted molar refractivity (Wildman–Crippen MR) is 35.3 cm³/mol. The third kappa shape index (κ3) is 0.875. The van der Waals surface area contributed by atoms with E-state index in [-0.39, 0.29) is 11.9 Å². The number of methoxy groups -OCH3 is 1. The lowest BCUT2D eigenvalue weighted by atomic mass is 10.2. The summed E-state index contributed by atoms with van der Waals surface area (Å²) in [7, 11) is 1.49. The highest BCUT2D eigenvalue weighted by Gasteiger charge is 2.29. The van der Waals surface area contributed by atoms with E-state index in [1.54, 1.807) is 13.8 Å². The maximum absolute atomic E-state index is 11.0. The van der Waals surface area contributed by atoms with E-state index in [1.807, 2.05) is 0 Å². The van der Waals surface area contributed by atoms with Crippen molar-refractivity contribution in [3.63, 3.8) is 0 Å². The molecule has 0 aromatic heterocycles. The average molecular weight is 142 g/mol. The summed E-state index contributed by atoms with van der Waals surface area (Å²) in [5.74, 6) is 0.370. The first-order valence-electron chi connectivity index (χ1n) is 3.12. The summed E-state index contributed by atoms with van der Waals surface area (Å²) in [4.78, 5) is 11.0. The Morgan fingerprint density at radius 1 is 1.60 bits per heavy atom. The van der Waals surface area contributed by atoms with Gasteiger partial charge in [-0.05, 0) is 13.8 Å². The molecule has 0 amide bonds. The number of carbonyl (C=O) groups is 1. The minimum absolute atomic E-state index is 0.0110. The van der Waals surface area contributed by atoms with Crippen LogP contribution in [0.25, 0.3) is 0 Å². The van der Waals surface area contributed by atoms with Crippen molar-refractivity contribution in [2.45, 2.75) is 20.0 Å². The lowest BCUT2D eigenvalue weighted by Gasteiger charge is -2.03. The quantitative estimate of drug-likeness (QED) is 0.544. The number of ether oxygens (including phenoxy) is 2. The van der Waals surface area contributed by atoms with Crippen LogP contribution in [-0.2, 0) is 14.3 Å². The molecule has 0 aromatic rings. The molecule has 3 heteroatoms. The Hall–Kier alpha value is -0.990. The number of Topliss-reactive ketones (excluding diaryl/α,β-unsaturated/α-hetero) is 1. The van der Waals surface area contributed by atoms with Crippen LogP contribution in [0.1, 0.15) is 13.8 Å². The predicted octanol–water partition coefficient (Wildman–Crippen LogP) is 0.852. The molecule has 0 aliphatic carbocycles. The molecule has 1 aliphatic rings. The topological polar surface area (TPSA) is 35.5 Å². The van der Waals surface area contributed by atoms with Gasteiger partial charge in [0.25, 0.3) is 5.95 Å². The summed E-state index contributed by atoms with van der Waals surface area (Å²) >= 11 is 0. The van der Waals surface area contributed by atoms with Crippen molar-refractivity contribution in [3.05, 3.63) is 11.5 Å². The van der Waals surface area contributed by atoms with Crippen molar-refractivity contribution in [3.8, 4) is 0 Å². The van der Waals surface area contributed by atoms with Gasteiger partial charge >= 0.3 is 0 Å². The van der Waals surface area contributed by atoms with Crippen LogP contribution < -0.4 is 0 Å². The average Bonchev–Trinajstić information content (AvgIpc) is 2.17. The molecule has 0 radical (unpaired) electrons. The van der Waals surface area contributed by atoms with Gasteiger partial charge in [-0.25, -0.2) is 0 Å². The van der Waals surface area contributed by atoms with Crippen LogP contribution in [0.15, 0.2) is 11.5 Å². The third-order valence-corrected chi connectivity index (χ3v) is 1.51. The Kier molecular flexibility index (Phi) is 1.66. The molecule has 0 aromatic carbocycles. The van der Waals surface area contributed by atoms with E-state index in [9.17, 15) is 4.79 Å². The molecule has 1 unspecified atom stereocenters. The molecule has 10 heavy (non-hydrogen) atoms. The van der Waals surface area contributed by atoms with Gasteiger partial charge in [0.15, 0.2) is 6.10 Å². The van der Waals surface area contributed by atoms with Gasteiger partial charge in [-0.15, -0.1) is 0 Å². The first-order valence-corrected chi connectivity index (χ1v) is 3.12. The Balaban J connectivity index is 2.83. The second-order valence-corrected chi connectivity index (χ2v) is 2.24. The second kappa shape index (κ2) is 2.33. The first kappa shape index (κ1) is 7.12. The zero-order valence-corrected chi connectivity index (χ0v) is 6.30. The van der Waals surface area contributed by atoms with Crippen LogP contribution in [0.2, 0.25) is 0 Å². The number of hydrogen-bond acceptors (Lipinski definition) is 3. The Labute approximate surface area is 59.6 Å². The van der Waals surface area contributed by atoms with Crippen LogP contribution >= 0.6 is 0 Å². The lowest BCUT2D eigenvalue weighted by Crippen LogP contribution is -2.12. The van der Waals surface area contributed by atoms with E-state index in [0.717, 1.165) is 0 Å². The van der Waals surface area contributed by atoms with E-state index < -0.39 is 0 Å². The van der Waals surface area contributed by atoms with Crippen molar-refractivity contribution < 1.29 is 14.3 Å². The van der Waals surface area contributed by atoms with Crippen molar-refractivity contribution in [1.82, 2.24) is 0 Å². The summed E-state index contributed by atoms with van der Waals surface area (Å²) in [6.45, 7) is 3.41. The van der Waals surface area contributed by atoms with Gasteiger partial charge in [0.2, 0.25) is 5.78 Å². The number of rotatable bonds is 1. The molecule has 0 N–H and O–H groups in total. The Bertz CT molecular complexity index is 193. The molecule has 56 valence electrons.